The molecule has 0 saturated heterocycles. The molecular formula is C59H74N12O3. The van der Waals surface area contributed by atoms with E-state index in [9.17, 15) is 14.4 Å². The van der Waals surface area contributed by atoms with Crippen LogP contribution in [-0.2, 0) is 20.8 Å². The summed E-state index contributed by atoms with van der Waals surface area (Å²) >= 11 is 0. The lowest BCUT2D eigenvalue weighted by Gasteiger charge is -2.28. The lowest BCUT2D eigenvalue weighted by atomic mass is 9.86. The van der Waals surface area contributed by atoms with E-state index in [1.807, 2.05) is 82.7 Å². The highest BCUT2D eigenvalue weighted by molar-refractivity contribution is 5.93. The van der Waals surface area contributed by atoms with Gasteiger partial charge in [-0.05, 0) is 175 Å². The molecule has 3 atom stereocenters. The van der Waals surface area contributed by atoms with Crippen LogP contribution in [0.25, 0.3) is 33.5 Å². The zero-order valence-electron chi connectivity index (χ0n) is 43.9. The first kappa shape index (κ1) is 49.7. The Hall–Kier alpha value is -6.51. The van der Waals surface area contributed by atoms with Crippen molar-refractivity contribution in [1.29, 1.82) is 0 Å². The van der Waals surface area contributed by atoms with Crippen molar-refractivity contribution in [2.45, 2.75) is 181 Å². The second kappa shape index (κ2) is 21.8. The van der Waals surface area contributed by atoms with Crippen LogP contribution in [0.3, 0.4) is 0 Å². The lowest BCUT2D eigenvalue weighted by Crippen LogP contribution is -2.24. The van der Waals surface area contributed by atoms with Crippen molar-refractivity contribution in [1.82, 2.24) is 43.6 Å². The molecule has 6 saturated carbocycles. The molecule has 6 aliphatic rings. The molecule has 3 amide bonds. The highest BCUT2D eigenvalue weighted by atomic mass is 16.2. The number of amides is 3. The van der Waals surface area contributed by atoms with Crippen LogP contribution in [0, 0.1) is 51.4 Å². The maximum absolute atomic E-state index is 12.7. The zero-order chi connectivity index (χ0) is 50.9. The number of nitrogens with zero attached hydrogens (tertiary/aromatic N) is 9. The summed E-state index contributed by atoms with van der Waals surface area (Å²) in [5.74, 6) is 5.17. The van der Waals surface area contributed by atoms with Gasteiger partial charge in [-0.1, -0.05) is 61.9 Å². The maximum atomic E-state index is 12.7. The Bertz CT molecular complexity index is 3150. The summed E-state index contributed by atoms with van der Waals surface area (Å²) in [5.41, 5.74) is 10.8. The first-order chi connectivity index (χ1) is 36.0. The fourth-order valence-corrected chi connectivity index (χ4v) is 12.4. The minimum Gasteiger partial charge on any atom is -0.296 e. The molecule has 13 rings (SSSR count). The molecule has 7 aromatic rings. The summed E-state index contributed by atoms with van der Waals surface area (Å²) in [7, 11) is 0. The lowest BCUT2D eigenvalue weighted by molar-refractivity contribution is -0.118. The monoisotopic (exact) mass is 999 g/mol. The van der Waals surface area contributed by atoms with Gasteiger partial charge >= 0.3 is 0 Å². The first-order valence-electron chi connectivity index (χ1n) is 28.0. The molecule has 1 aromatic carbocycles. The Morgan fingerprint density at radius 3 is 1.39 bits per heavy atom. The standard InChI is InChI=1S/C20H26N4O.C20H22N4O.C19H26N4O/c1-12-7-17-19(21-11-12)24(16-3-2-4-16)20(22-17)23-18(25)10-15-9-13-5-6-14(15)8-13;1-13-6-8-15(9-7-13)11-18(25)23-20-22-17-10-14(2)12-21-19(17)24(20)16-4-3-5-16;1-13-11-16-18(20-12-13)23(15-7-4-8-15)19(21-16)22-17(24)10-9-14-5-2-3-6-14/h7,11,13-16H,2-6,8-10H2,1H3,(H,22,23,25);6-10,12,16H,3-5,11H2,1-2H3,(H,22,23,25);11-12,14-15H,2-10H2,1H3,(H,21,22,24). The summed E-state index contributed by atoms with van der Waals surface area (Å²) in [6, 6.07) is 15.4. The number of pyridine rings is 3. The number of benzene rings is 1. The van der Waals surface area contributed by atoms with Gasteiger partial charge in [0.15, 0.2) is 16.9 Å². The van der Waals surface area contributed by atoms with Crippen LogP contribution < -0.4 is 16.0 Å². The van der Waals surface area contributed by atoms with Gasteiger partial charge in [-0.25, -0.2) is 29.9 Å². The normalized spacial score (nSPS) is 20.6. The van der Waals surface area contributed by atoms with Crippen LogP contribution in [0.1, 0.15) is 174 Å². The SMILES string of the molecule is Cc1ccc(CC(=O)Nc2nc3cc(C)cnc3n2C2CCC2)cc1.Cc1cnc2c(c1)nc(NC(=O)CC1CC3CCC1C3)n2C1CCC1.Cc1cnc2c(c1)nc(NC(=O)CCC1CCCC1)n2C1CCC1. The zero-order valence-corrected chi connectivity index (χ0v) is 43.9. The average molecular weight is 999 g/mol. The summed E-state index contributed by atoms with van der Waals surface area (Å²) in [4.78, 5) is 65.3. The molecule has 388 valence electrons. The highest BCUT2D eigenvalue weighted by Crippen LogP contribution is 2.50. The first-order valence-corrected chi connectivity index (χ1v) is 28.0. The third kappa shape index (κ3) is 11.0. The van der Waals surface area contributed by atoms with Crippen molar-refractivity contribution in [3.8, 4) is 0 Å². The molecule has 15 heteroatoms. The Morgan fingerprint density at radius 2 is 0.973 bits per heavy atom. The van der Waals surface area contributed by atoms with Crippen molar-refractivity contribution in [2.24, 2.45) is 23.7 Å². The van der Waals surface area contributed by atoms with E-state index < -0.39 is 0 Å². The average Bonchev–Trinajstić information content (AvgIpc) is 4.21. The van der Waals surface area contributed by atoms with E-state index in [0.29, 0.717) is 61.2 Å². The van der Waals surface area contributed by atoms with E-state index in [1.54, 1.807) is 0 Å². The van der Waals surface area contributed by atoms with Gasteiger partial charge in [-0.15, -0.1) is 0 Å². The Kier molecular flexibility index (Phi) is 14.6. The van der Waals surface area contributed by atoms with Crippen molar-refractivity contribution < 1.29 is 14.4 Å². The third-order valence-electron chi connectivity index (χ3n) is 17.1. The van der Waals surface area contributed by atoms with Crippen LogP contribution in [0.2, 0.25) is 0 Å². The minimum atomic E-state index is -0.0449. The third-order valence-corrected chi connectivity index (χ3v) is 17.1. The number of aromatic nitrogens is 9. The Balaban J connectivity index is 0.000000119. The molecular weight excluding hydrogens is 925 g/mol. The largest absolute Gasteiger partial charge is 0.296 e. The van der Waals surface area contributed by atoms with Crippen LogP contribution in [-0.4, -0.2) is 61.3 Å². The van der Waals surface area contributed by atoms with Crippen LogP contribution >= 0.6 is 0 Å². The second-order valence-electron chi connectivity index (χ2n) is 22.9. The Labute approximate surface area is 434 Å². The summed E-state index contributed by atoms with van der Waals surface area (Å²) in [6.45, 7) is 8.10. The van der Waals surface area contributed by atoms with Gasteiger partial charge in [0, 0.05) is 49.6 Å². The molecule has 6 heterocycles. The Morgan fingerprint density at radius 1 is 0.514 bits per heavy atom. The van der Waals surface area contributed by atoms with Gasteiger partial charge in [0.25, 0.3) is 0 Å². The molecule has 2 bridgehead atoms. The molecule has 6 aliphatic carbocycles. The molecule has 0 spiro atoms. The summed E-state index contributed by atoms with van der Waals surface area (Å²) in [6.07, 6.45) is 29.3. The van der Waals surface area contributed by atoms with E-state index in [2.05, 4.69) is 60.6 Å². The minimum absolute atomic E-state index is 0.0449. The van der Waals surface area contributed by atoms with Crippen LogP contribution in [0.15, 0.2) is 61.1 Å². The number of fused-ring (bicyclic) bond motifs is 5. The molecule has 6 fully saturated rings. The number of nitrogens with one attached hydrogen (secondary N) is 3. The smallest absolute Gasteiger partial charge is 0.231 e. The predicted molar refractivity (Wildman–Crippen MR) is 291 cm³/mol. The molecule has 6 aromatic heterocycles. The molecule has 74 heavy (non-hydrogen) atoms. The number of hydrogen-bond acceptors (Lipinski definition) is 9. The quantitative estimate of drug-likeness (QED) is 0.101. The maximum Gasteiger partial charge on any atom is 0.231 e. The number of carbonyl (C=O) groups is 3. The van der Waals surface area contributed by atoms with E-state index >= 15 is 0 Å². The molecule has 3 unspecified atom stereocenters. The van der Waals surface area contributed by atoms with E-state index in [0.717, 1.165) is 118 Å². The van der Waals surface area contributed by atoms with E-state index in [1.165, 1.54) is 76.2 Å². The molecule has 15 nitrogen and oxygen atoms in total. The number of aryl methyl sites for hydroxylation is 4. The van der Waals surface area contributed by atoms with Crippen molar-refractivity contribution in [2.75, 3.05) is 16.0 Å². The predicted octanol–water partition coefficient (Wildman–Crippen LogP) is 12.6. The second-order valence-corrected chi connectivity index (χ2v) is 22.9. The fraction of sp³-hybridized carbons (Fsp3) is 0.542. The summed E-state index contributed by atoms with van der Waals surface area (Å²) < 4.78 is 6.41. The van der Waals surface area contributed by atoms with Gasteiger partial charge in [-0.3, -0.25) is 44.0 Å². The molecule has 0 aliphatic heterocycles. The van der Waals surface area contributed by atoms with Gasteiger partial charge in [0.2, 0.25) is 35.6 Å². The van der Waals surface area contributed by atoms with Gasteiger partial charge < -0.3 is 0 Å². The number of rotatable bonds is 13. The van der Waals surface area contributed by atoms with Crippen molar-refractivity contribution in [3.05, 3.63) is 88.9 Å². The topological polar surface area (TPSA) is 179 Å². The van der Waals surface area contributed by atoms with E-state index in [4.69, 9.17) is 4.98 Å². The van der Waals surface area contributed by atoms with Gasteiger partial charge in [0.05, 0.1) is 6.42 Å². The fourth-order valence-electron chi connectivity index (χ4n) is 12.4. The van der Waals surface area contributed by atoms with Crippen molar-refractivity contribution >= 4 is 69.1 Å². The van der Waals surface area contributed by atoms with Crippen LogP contribution in [0.4, 0.5) is 17.8 Å². The van der Waals surface area contributed by atoms with Gasteiger partial charge in [0.1, 0.15) is 16.6 Å². The highest BCUT2D eigenvalue weighted by Gasteiger charge is 2.40. The van der Waals surface area contributed by atoms with E-state index in [-0.39, 0.29) is 17.7 Å². The molecule has 0 radical (unpaired) electrons. The van der Waals surface area contributed by atoms with Crippen LogP contribution in [0.5, 0.6) is 0 Å². The number of imidazole rings is 3. The number of anilines is 3. The number of carbonyl (C=O) groups excluding carboxylic acids is 3. The molecule has 3 N–H and O–H groups in total. The van der Waals surface area contributed by atoms with Gasteiger partial charge in [-0.2, -0.15) is 0 Å². The summed E-state index contributed by atoms with van der Waals surface area (Å²) in [5, 5.41) is 9.20. The van der Waals surface area contributed by atoms with Crippen molar-refractivity contribution in [3.63, 3.8) is 0 Å². The number of hydrogen-bond donors (Lipinski definition) is 3.